The molecule has 0 aliphatic rings. The first-order chi connectivity index (χ1) is 6.58. The highest BCUT2D eigenvalue weighted by Gasteiger charge is 2.08. The van der Waals surface area contributed by atoms with Crippen molar-refractivity contribution in [3.8, 4) is 0 Å². The average Bonchev–Trinajstić information content (AvgIpc) is 2.08. The van der Waals surface area contributed by atoms with Crippen molar-refractivity contribution in [3.63, 3.8) is 0 Å². The smallest absolute Gasteiger partial charge is 0.152 e. The van der Waals surface area contributed by atoms with Crippen LogP contribution in [0, 0.1) is 11.6 Å². The summed E-state index contributed by atoms with van der Waals surface area (Å²) in [4.78, 5) is 3.71. The van der Waals surface area contributed by atoms with Crippen molar-refractivity contribution < 1.29 is 8.78 Å². The van der Waals surface area contributed by atoms with E-state index in [9.17, 15) is 8.78 Å². The van der Waals surface area contributed by atoms with E-state index in [0.29, 0.717) is 5.39 Å². The summed E-state index contributed by atoms with van der Waals surface area (Å²) in [7, 11) is 0. The number of nitrogens with zero attached hydrogens (tertiary/aromatic N) is 1. The predicted molar refractivity (Wildman–Crippen MR) is 51.1 cm³/mol. The van der Waals surface area contributed by atoms with E-state index in [1.165, 1.54) is 6.07 Å². The first-order valence-electron chi connectivity index (χ1n) is 3.78. The Morgan fingerprint density at radius 2 is 1.93 bits per heavy atom. The van der Waals surface area contributed by atoms with E-state index in [-0.39, 0.29) is 16.4 Å². The maximum atomic E-state index is 13.2. The summed E-state index contributed by atoms with van der Waals surface area (Å²) in [6.07, 6.45) is 0. The van der Waals surface area contributed by atoms with Crippen LogP contribution in [0.4, 0.5) is 14.5 Å². The molecule has 0 saturated heterocycles. The average molecular weight is 215 g/mol. The lowest BCUT2D eigenvalue weighted by Gasteiger charge is -2.02. The Balaban J connectivity index is 2.89. The standard InChI is InChI=1S/C9H5ClF2N2/c10-9-7(13)2-4-1-5(11)3-6(12)8(4)14-9/h1-3H,13H2. The van der Waals surface area contributed by atoms with Gasteiger partial charge >= 0.3 is 0 Å². The van der Waals surface area contributed by atoms with Crippen LogP contribution in [0.15, 0.2) is 18.2 Å². The van der Waals surface area contributed by atoms with Gasteiger partial charge < -0.3 is 5.73 Å². The summed E-state index contributed by atoms with van der Waals surface area (Å²) >= 11 is 5.60. The van der Waals surface area contributed by atoms with Crippen molar-refractivity contribution in [3.05, 3.63) is 35.0 Å². The maximum absolute atomic E-state index is 13.2. The van der Waals surface area contributed by atoms with E-state index in [0.717, 1.165) is 12.1 Å². The molecule has 0 aliphatic heterocycles. The monoisotopic (exact) mass is 214 g/mol. The van der Waals surface area contributed by atoms with Crippen molar-refractivity contribution in [1.82, 2.24) is 4.98 Å². The van der Waals surface area contributed by atoms with Crippen LogP contribution in [-0.4, -0.2) is 4.98 Å². The lowest BCUT2D eigenvalue weighted by atomic mass is 10.2. The van der Waals surface area contributed by atoms with Gasteiger partial charge in [0.15, 0.2) is 11.0 Å². The lowest BCUT2D eigenvalue weighted by Crippen LogP contribution is -1.93. The highest BCUT2D eigenvalue weighted by atomic mass is 35.5. The molecule has 0 saturated carbocycles. The first kappa shape index (κ1) is 9.15. The van der Waals surface area contributed by atoms with Gasteiger partial charge in [0.05, 0.1) is 5.69 Å². The van der Waals surface area contributed by atoms with Crippen LogP contribution in [0.2, 0.25) is 5.15 Å². The molecular weight excluding hydrogens is 210 g/mol. The highest BCUT2D eigenvalue weighted by Crippen LogP contribution is 2.24. The molecule has 0 atom stereocenters. The molecule has 1 aromatic heterocycles. The molecular formula is C9H5ClF2N2. The summed E-state index contributed by atoms with van der Waals surface area (Å²) in [6, 6.07) is 3.29. The van der Waals surface area contributed by atoms with E-state index < -0.39 is 11.6 Å². The van der Waals surface area contributed by atoms with Gasteiger partial charge in [0.1, 0.15) is 11.3 Å². The van der Waals surface area contributed by atoms with Crippen molar-refractivity contribution in [2.24, 2.45) is 0 Å². The Labute approximate surface area is 83.3 Å². The number of nitrogen functional groups attached to an aromatic ring is 1. The summed E-state index contributed by atoms with van der Waals surface area (Å²) < 4.78 is 25.9. The molecule has 2 aromatic rings. The van der Waals surface area contributed by atoms with Gasteiger partial charge in [-0.3, -0.25) is 0 Å². The van der Waals surface area contributed by atoms with Gasteiger partial charge in [-0.1, -0.05) is 11.6 Å². The third kappa shape index (κ3) is 1.37. The minimum Gasteiger partial charge on any atom is -0.396 e. The molecule has 2 N–H and O–H groups in total. The zero-order valence-corrected chi connectivity index (χ0v) is 7.65. The Hall–Kier alpha value is -1.42. The minimum absolute atomic E-state index is 0.0167. The second kappa shape index (κ2) is 3.06. The Kier molecular flexibility index (Phi) is 2.00. The van der Waals surface area contributed by atoms with E-state index >= 15 is 0 Å². The normalized spacial score (nSPS) is 10.8. The van der Waals surface area contributed by atoms with E-state index in [4.69, 9.17) is 17.3 Å². The number of nitrogens with two attached hydrogens (primary N) is 1. The number of halogens is 3. The molecule has 14 heavy (non-hydrogen) atoms. The van der Waals surface area contributed by atoms with Gasteiger partial charge in [-0.05, 0) is 12.1 Å². The van der Waals surface area contributed by atoms with Crippen LogP contribution in [0.1, 0.15) is 0 Å². The molecule has 0 spiro atoms. The number of anilines is 1. The van der Waals surface area contributed by atoms with Gasteiger partial charge in [0.2, 0.25) is 0 Å². The molecule has 2 nitrogen and oxygen atoms in total. The summed E-state index contributed by atoms with van der Waals surface area (Å²) in [5, 5.41) is 0.312. The number of pyridine rings is 1. The maximum Gasteiger partial charge on any atom is 0.152 e. The SMILES string of the molecule is Nc1cc2cc(F)cc(F)c2nc1Cl. The molecule has 1 heterocycles. The van der Waals surface area contributed by atoms with Crippen LogP contribution in [0.5, 0.6) is 0 Å². The van der Waals surface area contributed by atoms with Crippen LogP contribution in [0.3, 0.4) is 0 Å². The van der Waals surface area contributed by atoms with Gasteiger partial charge in [-0.25, -0.2) is 13.8 Å². The van der Waals surface area contributed by atoms with Gasteiger partial charge in [0, 0.05) is 11.5 Å². The molecule has 0 fully saturated rings. The van der Waals surface area contributed by atoms with Crippen molar-refractivity contribution in [2.45, 2.75) is 0 Å². The zero-order valence-electron chi connectivity index (χ0n) is 6.89. The second-order valence-electron chi connectivity index (χ2n) is 2.83. The molecule has 5 heteroatoms. The molecule has 1 aromatic carbocycles. The highest BCUT2D eigenvalue weighted by molar-refractivity contribution is 6.32. The van der Waals surface area contributed by atoms with E-state index in [2.05, 4.69) is 4.98 Å². The molecule has 0 bridgehead atoms. The molecule has 2 rings (SSSR count). The molecule has 0 aliphatic carbocycles. The van der Waals surface area contributed by atoms with Gasteiger partial charge in [-0.15, -0.1) is 0 Å². The summed E-state index contributed by atoms with van der Waals surface area (Å²) in [6.45, 7) is 0. The van der Waals surface area contributed by atoms with Crippen LogP contribution in [-0.2, 0) is 0 Å². The minimum atomic E-state index is -0.748. The number of rotatable bonds is 0. The van der Waals surface area contributed by atoms with Crippen molar-refractivity contribution >= 4 is 28.2 Å². The second-order valence-corrected chi connectivity index (χ2v) is 3.19. The van der Waals surface area contributed by atoms with Crippen LogP contribution in [0.25, 0.3) is 10.9 Å². The predicted octanol–water partition coefficient (Wildman–Crippen LogP) is 2.75. The fourth-order valence-electron chi connectivity index (χ4n) is 1.20. The summed E-state index contributed by atoms with van der Waals surface area (Å²) in [5.74, 6) is -1.42. The van der Waals surface area contributed by atoms with E-state index in [1.807, 2.05) is 0 Å². The van der Waals surface area contributed by atoms with E-state index in [1.54, 1.807) is 0 Å². The van der Waals surface area contributed by atoms with Crippen LogP contribution >= 0.6 is 11.6 Å². The molecule has 0 unspecified atom stereocenters. The van der Waals surface area contributed by atoms with Crippen LogP contribution < -0.4 is 5.73 Å². The molecule has 72 valence electrons. The summed E-state index contributed by atoms with van der Waals surface area (Å²) in [5.41, 5.74) is 5.66. The largest absolute Gasteiger partial charge is 0.396 e. The van der Waals surface area contributed by atoms with Gasteiger partial charge in [0.25, 0.3) is 0 Å². The topological polar surface area (TPSA) is 38.9 Å². The quantitative estimate of drug-likeness (QED) is 0.685. The number of hydrogen-bond acceptors (Lipinski definition) is 2. The van der Waals surface area contributed by atoms with Gasteiger partial charge in [-0.2, -0.15) is 0 Å². The number of benzene rings is 1. The number of hydrogen-bond donors (Lipinski definition) is 1. The zero-order chi connectivity index (χ0) is 10.3. The fraction of sp³-hybridized carbons (Fsp3) is 0. The molecule has 0 amide bonds. The van der Waals surface area contributed by atoms with Crippen molar-refractivity contribution in [1.29, 1.82) is 0 Å². The molecule has 0 radical (unpaired) electrons. The number of aromatic nitrogens is 1. The first-order valence-corrected chi connectivity index (χ1v) is 4.16. The Morgan fingerprint density at radius 3 is 2.64 bits per heavy atom. The van der Waals surface area contributed by atoms with Crippen molar-refractivity contribution in [2.75, 3.05) is 5.73 Å². The lowest BCUT2D eigenvalue weighted by molar-refractivity contribution is 0.590. The number of fused-ring (bicyclic) bond motifs is 1. The third-order valence-corrected chi connectivity index (χ3v) is 2.12. The Morgan fingerprint density at radius 1 is 1.21 bits per heavy atom. The Bertz CT molecular complexity index is 514. The fourth-order valence-corrected chi connectivity index (χ4v) is 1.34. The third-order valence-electron chi connectivity index (χ3n) is 1.82.